The molecule has 0 fully saturated rings. The van der Waals surface area contributed by atoms with Crippen molar-refractivity contribution in [2.45, 2.75) is 19.4 Å². The van der Waals surface area contributed by atoms with Crippen LogP contribution in [0.2, 0.25) is 0 Å². The lowest BCUT2D eigenvalue weighted by Crippen LogP contribution is -2.40. The molecular weight excluding hydrogens is 242 g/mol. The molecule has 5 heteroatoms. The second-order valence-electron chi connectivity index (χ2n) is 4.58. The van der Waals surface area contributed by atoms with Gasteiger partial charge in [-0.1, -0.05) is 12.1 Å². The summed E-state index contributed by atoms with van der Waals surface area (Å²) in [6.45, 7) is 3.39. The normalized spacial score (nSPS) is 12.4. The Balaban J connectivity index is 2.50. The lowest BCUT2D eigenvalue weighted by atomic mass is 10.2. The minimum atomic E-state index is -0.212. The van der Waals surface area contributed by atoms with E-state index in [1.807, 2.05) is 31.0 Å². The first-order valence-electron chi connectivity index (χ1n) is 6.40. The molecule has 0 aliphatic rings. The number of nitrogen functional groups attached to an aromatic ring is 1. The average Bonchev–Trinajstić information content (AvgIpc) is 2.40. The van der Waals surface area contributed by atoms with Crippen molar-refractivity contribution in [1.82, 2.24) is 4.90 Å². The van der Waals surface area contributed by atoms with E-state index in [4.69, 9.17) is 10.5 Å². The summed E-state index contributed by atoms with van der Waals surface area (Å²) < 4.78 is 5.00. The highest BCUT2D eigenvalue weighted by molar-refractivity contribution is 5.96. The standard InChI is InChI=1S/C14H23N3O2/c1-11(17(2)9-6-10-19-3)14(18)16-13-8-5-4-7-12(13)15/h4-5,7-8,11H,6,9-10,15H2,1-3H3,(H,16,18). The van der Waals surface area contributed by atoms with Crippen LogP contribution in [-0.2, 0) is 9.53 Å². The number of amides is 1. The number of carbonyl (C=O) groups excluding carboxylic acids is 1. The Bertz CT molecular complexity index is 409. The molecule has 19 heavy (non-hydrogen) atoms. The molecule has 1 rings (SSSR count). The van der Waals surface area contributed by atoms with Crippen LogP contribution in [0.15, 0.2) is 24.3 Å². The molecule has 106 valence electrons. The number of nitrogens with one attached hydrogen (secondary N) is 1. The van der Waals surface area contributed by atoms with Gasteiger partial charge in [-0.3, -0.25) is 9.69 Å². The van der Waals surface area contributed by atoms with E-state index < -0.39 is 0 Å². The molecule has 0 aromatic heterocycles. The van der Waals surface area contributed by atoms with Crippen LogP contribution in [0.5, 0.6) is 0 Å². The Morgan fingerprint density at radius 2 is 2.16 bits per heavy atom. The van der Waals surface area contributed by atoms with E-state index in [9.17, 15) is 4.79 Å². The van der Waals surface area contributed by atoms with Gasteiger partial charge in [0, 0.05) is 20.3 Å². The molecule has 1 aromatic carbocycles. The fourth-order valence-electron chi connectivity index (χ4n) is 1.70. The number of nitrogens with zero attached hydrogens (tertiary/aromatic N) is 1. The van der Waals surface area contributed by atoms with Gasteiger partial charge in [-0.25, -0.2) is 0 Å². The van der Waals surface area contributed by atoms with E-state index >= 15 is 0 Å². The van der Waals surface area contributed by atoms with E-state index in [1.54, 1.807) is 19.2 Å². The van der Waals surface area contributed by atoms with Gasteiger partial charge in [0.25, 0.3) is 0 Å². The van der Waals surface area contributed by atoms with E-state index in [1.165, 1.54) is 0 Å². The lowest BCUT2D eigenvalue weighted by Gasteiger charge is -2.24. The van der Waals surface area contributed by atoms with Crippen molar-refractivity contribution in [3.63, 3.8) is 0 Å². The summed E-state index contributed by atoms with van der Waals surface area (Å²) in [4.78, 5) is 14.1. The zero-order chi connectivity index (χ0) is 14.3. The first-order chi connectivity index (χ1) is 9.06. The lowest BCUT2D eigenvalue weighted by molar-refractivity contribution is -0.120. The van der Waals surface area contributed by atoms with Crippen LogP contribution in [-0.4, -0.2) is 44.2 Å². The zero-order valence-corrected chi connectivity index (χ0v) is 11.8. The number of carbonyl (C=O) groups is 1. The van der Waals surface area contributed by atoms with Crippen molar-refractivity contribution in [3.05, 3.63) is 24.3 Å². The molecule has 1 amide bonds. The fraction of sp³-hybridized carbons (Fsp3) is 0.500. The Morgan fingerprint density at radius 3 is 2.79 bits per heavy atom. The molecule has 0 heterocycles. The number of nitrogens with two attached hydrogens (primary N) is 1. The van der Waals surface area contributed by atoms with Crippen LogP contribution in [0.25, 0.3) is 0 Å². The second-order valence-corrected chi connectivity index (χ2v) is 4.58. The minimum absolute atomic E-state index is 0.0576. The van der Waals surface area contributed by atoms with Gasteiger partial charge < -0.3 is 15.8 Å². The minimum Gasteiger partial charge on any atom is -0.397 e. The predicted octanol–water partition coefficient (Wildman–Crippen LogP) is 1.56. The second kappa shape index (κ2) is 7.76. The molecule has 0 aliphatic heterocycles. The maximum absolute atomic E-state index is 12.1. The van der Waals surface area contributed by atoms with E-state index in [0.717, 1.165) is 13.0 Å². The molecule has 1 unspecified atom stereocenters. The topological polar surface area (TPSA) is 67.6 Å². The number of methoxy groups -OCH3 is 1. The van der Waals surface area contributed by atoms with Crippen LogP contribution in [0.1, 0.15) is 13.3 Å². The summed E-state index contributed by atoms with van der Waals surface area (Å²) in [5.74, 6) is -0.0576. The Morgan fingerprint density at radius 1 is 1.47 bits per heavy atom. The zero-order valence-electron chi connectivity index (χ0n) is 11.8. The van der Waals surface area contributed by atoms with Gasteiger partial charge in [-0.15, -0.1) is 0 Å². The largest absolute Gasteiger partial charge is 0.397 e. The summed E-state index contributed by atoms with van der Waals surface area (Å²) >= 11 is 0. The third-order valence-electron chi connectivity index (χ3n) is 3.12. The highest BCUT2D eigenvalue weighted by Gasteiger charge is 2.18. The third-order valence-corrected chi connectivity index (χ3v) is 3.12. The highest BCUT2D eigenvalue weighted by atomic mass is 16.5. The fourth-order valence-corrected chi connectivity index (χ4v) is 1.70. The first-order valence-corrected chi connectivity index (χ1v) is 6.40. The molecule has 0 aliphatic carbocycles. The quantitative estimate of drug-likeness (QED) is 0.580. The van der Waals surface area contributed by atoms with Crippen molar-refractivity contribution in [2.24, 2.45) is 0 Å². The van der Waals surface area contributed by atoms with Gasteiger partial charge >= 0.3 is 0 Å². The molecule has 5 nitrogen and oxygen atoms in total. The van der Waals surface area contributed by atoms with E-state index in [0.29, 0.717) is 18.0 Å². The summed E-state index contributed by atoms with van der Waals surface area (Å²) in [5, 5.41) is 2.84. The van der Waals surface area contributed by atoms with E-state index in [-0.39, 0.29) is 11.9 Å². The number of likely N-dealkylation sites (N-methyl/N-ethyl adjacent to an activating group) is 1. The number of hydrogen-bond acceptors (Lipinski definition) is 4. The van der Waals surface area contributed by atoms with E-state index in [2.05, 4.69) is 5.32 Å². The molecular formula is C14H23N3O2. The molecule has 1 aromatic rings. The van der Waals surface area contributed by atoms with Gasteiger partial charge in [0.1, 0.15) is 0 Å². The van der Waals surface area contributed by atoms with Gasteiger partial charge in [-0.05, 0) is 32.5 Å². The molecule has 0 radical (unpaired) electrons. The summed E-state index contributed by atoms with van der Waals surface area (Å²) in [5.41, 5.74) is 7.03. The van der Waals surface area contributed by atoms with Crippen molar-refractivity contribution in [3.8, 4) is 0 Å². The summed E-state index contributed by atoms with van der Waals surface area (Å²) in [6, 6.07) is 7.04. The molecule has 1 atom stereocenters. The number of para-hydroxylation sites is 2. The van der Waals surface area contributed by atoms with Gasteiger partial charge in [0.2, 0.25) is 5.91 Å². The van der Waals surface area contributed by atoms with Gasteiger partial charge in [-0.2, -0.15) is 0 Å². The number of ether oxygens (including phenoxy) is 1. The first kappa shape index (κ1) is 15.5. The number of benzene rings is 1. The average molecular weight is 265 g/mol. The third kappa shape index (κ3) is 4.89. The van der Waals surface area contributed by atoms with Crippen molar-refractivity contribution in [1.29, 1.82) is 0 Å². The Labute approximate surface area is 114 Å². The van der Waals surface area contributed by atoms with Gasteiger partial charge in [0.05, 0.1) is 17.4 Å². The number of hydrogen-bond donors (Lipinski definition) is 2. The van der Waals surface area contributed by atoms with Crippen LogP contribution in [0.4, 0.5) is 11.4 Å². The Hall–Kier alpha value is -1.59. The molecule has 0 saturated carbocycles. The predicted molar refractivity (Wildman–Crippen MR) is 78.1 cm³/mol. The smallest absolute Gasteiger partial charge is 0.241 e. The maximum Gasteiger partial charge on any atom is 0.241 e. The molecule has 0 bridgehead atoms. The number of rotatable bonds is 7. The summed E-state index contributed by atoms with van der Waals surface area (Å²) in [6.07, 6.45) is 0.901. The van der Waals surface area contributed by atoms with Gasteiger partial charge in [0.15, 0.2) is 0 Å². The molecule has 0 saturated heterocycles. The van der Waals surface area contributed by atoms with Crippen LogP contribution in [0.3, 0.4) is 0 Å². The van der Waals surface area contributed by atoms with Crippen molar-refractivity contribution in [2.75, 3.05) is 38.4 Å². The van der Waals surface area contributed by atoms with Crippen molar-refractivity contribution < 1.29 is 9.53 Å². The Kier molecular flexibility index (Phi) is 6.32. The number of anilines is 2. The van der Waals surface area contributed by atoms with Crippen molar-refractivity contribution >= 4 is 17.3 Å². The van der Waals surface area contributed by atoms with Crippen LogP contribution < -0.4 is 11.1 Å². The highest BCUT2D eigenvalue weighted by Crippen LogP contribution is 2.17. The van der Waals surface area contributed by atoms with Crippen LogP contribution in [0, 0.1) is 0 Å². The van der Waals surface area contributed by atoms with Crippen LogP contribution >= 0.6 is 0 Å². The summed E-state index contributed by atoms with van der Waals surface area (Å²) in [7, 11) is 3.60. The maximum atomic E-state index is 12.1. The monoisotopic (exact) mass is 265 g/mol. The molecule has 3 N–H and O–H groups in total. The SMILES string of the molecule is COCCCN(C)C(C)C(=O)Nc1ccccc1N. The molecule has 0 spiro atoms.